The molecule has 0 amide bonds. The number of rotatable bonds is 3. The molecule has 0 rings (SSSR count). The van der Waals surface area contributed by atoms with Gasteiger partial charge in [0, 0.05) is 12.4 Å². The third-order valence-corrected chi connectivity index (χ3v) is 0.642. The fraction of sp³-hybridized carbons (Fsp3) is 0.333. The van der Waals surface area contributed by atoms with E-state index < -0.39 is 0 Å². The zero-order chi connectivity index (χ0) is 6.24. The highest BCUT2D eigenvalue weighted by Gasteiger charge is 1.61. The van der Waals surface area contributed by atoms with E-state index in [1.165, 1.54) is 6.20 Å². The molecule has 0 radical (unpaired) electrons. The van der Waals surface area contributed by atoms with Gasteiger partial charge < -0.3 is 11.1 Å². The second kappa shape index (κ2) is 6.08. The van der Waals surface area contributed by atoms with Gasteiger partial charge in [-0.2, -0.15) is 0 Å². The summed E-state index contributed by atoms with van der Waals surface area (Å²) in [7, 11) is 0. The van der Waals surface area contributed by atoms with Crippen molar-refractivity contribution in [3.05, 3.63) is 24.7 Å². The van der Waals surface area contributed by atoms with E-state index in [0.29, 0.717) is 0 Å². The molecule has 0 fully saturated rings. The molecule has 0 atom stereocenters. The fourth-order valence-corrected chi connectivity index (χ4v) is 0.297. The lowest BCUT2D eigenvalue weighted by Gasteiger charge is -1.84. The number of nitrogens with two attached hydrogens (primary N) is 1. The van der Waals surface area contributed by atoms with Crippen LogP contribution in [0.5, 0.6) is 0 Å². The Balaban J connectivity index is 3.03. The predicted molar refractivity (Wildman–Crippen MR) is 35.9 cm³/mol. The summed E-state index contributed by atoms with van der Waals surface area (Å²) in [6.45, 7) is 2.07. The van der Waals surface area contributed by atoms with Crippen LogP contribution in [0.25, 0.3) is 0 Å². The molecule has 0 heterocycles. The van der Waals surface area contributed by atoms with Crippen LogP contribution >= 0.6 is 0 Å². The predicted octanol–water partition coefficient (Wildman–Crippen LogP) is 0.930. The zero-order valence-corrected chi connectivity index (χ0v) is 5.09. The Labute approximate surface area is 50.1 Å². The highest BCUT2D eigenvalue weighted by Crippen LogP contribution is 1.73. The van der Waals surface area contributed by atoms with Crippen LogP contribution in [0.3, 0.4) is 0 Å². The minimum absolute atomic E-state index is 1.05. The van der Waals surface area contributed by atoms with E-state index in [1.54, 1.807) is 6.20 Å². The van der Waals surface area contributed by atoms with Crippen LogP contribution in [-0.2, 0) is 0 Å². The molecule has 0 aromatic rings. The van der Waals surface area contributed by atoms with Crippen molar-refractivity contribution >= 4 is 0 Å². The molecule has 0 bridgehead atoms. The lowest BCUT2D eigenvalue weighted by molar-refractivity contribution is 1.13. The molecule has 0 aliphatic rings. The number of hydrogen-bond acceptors (Lipinski definition) is 2. The van der Waals surface area contributed by atoms with Crippen molar-refractivity contribution in [1.29, 1.82) is 0 Å². The smallest absolute Gasteiger partial charge is 0.0161 e. The molecule has 3 N–H and O–H groups in total. The van der Waals surface area contributed by atoms with Crippen LogP contribution in [0.4, 0.5) is 0 Å². The summed E-state index contributed by atoms with van der Waals surface area (Å²) < 4.78 is 0. The number of hydrogen-bond donors (Lipinski definition) is 2. The molecule has 0 aromatic carbocycles. The van der Waals surface area contributed by atoms with Crippen molar-refractivity contribution in [3.63, 3.8) is 0 Å². The maximum atomic E-state index is 5.03. The van der Waals surface area contributed by atoms with Gasteiger partial charge in [-0.05, 0) is 12.6 Å². The second-order valence-corrected chi connectivity index (χ2v) is 1.34. The van der Waals surface area contributed by atoms with Gasteiger partial charge in [0.1, 0.15) is 0 Å². The summed E-state index contributed by atoms with van der Waals surface area (Å²) in [6, 6.07) is 0. The minimum atomic E-state index is 1.05. The highest BCUT2D eigenvalue weighted by molar-refractivity contribution is 4.85. The fourth-order valence-electron chi connectivity index (χ4n) is 0.297. The Bertz CT molecular complexity index is 84.5. The molecule has 0 unspecified atom stereocenters. The second-order valence-electron chi connectivity index (χ2n) is 1.34. The Morgan fingerprint density at radius 1 is 1.50 bits per heavy atom. The third-order valence-electron chi connectivity index (χ3n) is 0.642. The number of nitrogens with one attached hydrogen (secondary N) is 1. The van der Waals surface area contributed by atoms with E-state index in [-0.39, 0.29) is 0 Å². The summed E-state index contributed by atoms with van der Waals surface area (Å²) in [5.41, 5.74) is 5.03. The topological polar surface area (TPSA) is 38.0 Å². The Hall–Kier alpha value is -0.920. The van der Waals surface area contributed by atoms with Crippen molar-refractivity contribution in [1.82, 2.24) is 5.32 Å². The molecule has 0 saturated heterocycles. The van der Waals surface area contributed by atoms with Gasteiger partial charge >= 0.3 is 0 Å². The molecule has 0 aliphatic heterocycles. The van der Waals surface area contributed by atoms with Crippen molar-refractivity contribution in [2.45, 2.75) is 13.3 Å². The minimum Gasteiger partial charge on any atom is -0.403 e. The summed E-state index contributed by atoms with van der Waals surface area (Å²) >= 11 is 0. The normalized spacial score (nSPS) is 11.1. The zero-order valence-electron chi connectivity index (χ0n) is 5.09. The van der Waals surface area contributed by atoms with E-state index in [4.69, 9.17) is 5.73 Å². The largest absolute Gasteiger partial charge is 0.403 e. The third kappa shape index (κ3) is 5.08. The lowest BCUT2D eigenvalue weighted by Crippen LogP contribution is -1.92. The Morgan fingerprint density at radius 2 is 2.25 bits per heavy atom. The Morgan fingerprint density at radius 3 is 2.75 bits per heavy atom. The first-order valence-electron chi connectivity index (χ1n) is 2.69. The first-order chi connectivity index (χ1) is 3.91. The molecule has 46 valence electrons. The first-order valence-corrected chi connectivity index (χ1v) is 2.69. The standard InChI is InChI=1S/C6H12N2/c1-2-3-5-8-6-4-7/h3-6,8H,2,7H2,1H3/b5-3-,6-4-. The van der Waals surface area contributed by atoms with E-state index in [2.05, 4.69) is 12.2 Å². The Kier molecular flexibility index (Phi) is 5.38. The van der Waals surface area contributed by atoms with Gasteiger partial charge in [-0.1, -0.05) is 13.0 Å². The summed E-state index contributed by atoms with van der Waals surface area (Å²) in [5, 5.41) is 2.85. The summed E-state index contributed by atoms with van der Waals surface area (Å²) in [6.07, 6.45) is 8.04. The monoisotopic (exact) mass is 112 g/mol. The summed E-state index contributed by atoms with van der Waals surface area (Å²) in [4.78, 5) is 0. The maximum absolute atomic E-state index is 5.03. The van der Waals surface area contributed by atoms with E-state index in [0.717, 1.165) is 6.42 Å². The molecule has 0 saturated carbocycles. The average molecular weight is 112 g/mol. The van der Waals surface area contributed by atoms with Crippen LogP contribution in [0, 0.1) is 0 Å². The van der Waals surface area contributed by atoms with Gasteiger partial charge in [-0.25, -0.2) is 0 Å². The maximum Gasteiger partial charge on any atom is 0.0161 e. The van der Waals surface area contributed by atoms with E-state index in [1.807, 2.05) is 12.3 Å². The van der Waals surface area contributed by atoms with Gasteiger partial charge in [-0.15, -0.1) is 0 Å². The van der Waals surface area contributed by atoms with Crippen LogP contribution in [0.1, 0.15) is 13.3 Å². The first kappa shape index (κ1) is 7.08. The molecular weight excluding hydrogens is 100 g/mol. The molecule has 0 aliphatic carbocycles. The van der Waals surface area contributed by atoms with Gasteiger partial charge in [0.15, 0.2) is 0 Å². The van der Waals surface area contributed by atoms with Crippen LogP contribution < -0.4 is 11.1 Å². The van der Waals surface area contributed by atoms with Gasteiger partial charge in [0.25, 0.3) is 0 Å². The molecule has 2 nitrogen and oxygen atoms in total. The van der Waals surface area contributed by atoms with Crippen LogP contribution in [0.2, 0.25) is 0 Å². The molecule has 8 heavy (non-hydrogen) atoms. The van der Waals surface area contributed by atoms with Gasteiger partial charge in [-0.3, -0.25) is 0 Å². The summed E-state index contributed by atoms with van der Waals surface area (Å²) in [5.74, 6) is 0. The van der Waals surface area contributed by atoms with Crippen molar-refractivity contribution in [2.75, 3.05) is 0 Å². The molecule has 0 aromatic heterocycles. The average Bonchev–Trinajstić information content (AvgIpc) is 1.81. The molecule has 0 spiro atoms. The SMILES string of the molecule is CC/C=C\N/C=C\N. The highest BCUT2D eigenvalue weighted by atomic mass is 14.8. The van der Waals surface area contributed by atoms with Gasteiger partial charge in [0.05, 0.1) is 0 Å². The quantitative estimate of drug-likeness (QED) is 0.570. The van der Waals surface area contributed by atoms with Gasteiger partial charge in [0.2, 0.25) is 0 Å². The molecule has 2 heteroatoms. The van der Waals surface area contributed by atoms with Crippen LogP contribution in [0.15, 0.2) is 24.7 Å². The van der Waals surface area contributed by atoms with Crippen molar-refractivity contribution in [3.8, 4) is 0 Å². The van der Waals surface area contributed by atoms with Crippen LogP contribution in [-0.4, -0.2) is 0 Å². The van der Waals surface area contributed by atoms with Crippen molar-refractivity contribution in [2.24, 2.45) is 5.73 Å². The number of allylic oxidation sites excluding steroid dienone is 1. The van der Waals surface area contributed by atoms with Crippen molar-refractivity contribution < 1.29 is 0 Å². The molecular formula is C6H12N2. The lowest BCUT2D eigenvalue weighted by atomic mass is 10.5. The van der Waals surface area contributed by atoms with E-state index in [9.17, 15) is 0 Å². The van der Waals surface area contributed by atoms with E-state index >= 15 is 0 Å².